The van der Waals surface area contributed by atoms with Crippen molar-refractivity contribution in [3.05, 3.63) is 24.3 Å². The molecule has 1 aromatic carbocycles. The molecule has 19 heavy (non-hydrogen) atoms. The Morgan fingerprint density at radius 1 is 1.11 bits per heavy atom. The Hall–Kier alpha value is -1.22. The van der Waals surface area contributed by atoms with Crippen LogP contribution in [0.25, 0.3) is 0 Å². The number of nitrogens with one attached hydrogen (secondary N) is 1. The van der Waals surface area contributed by atoms with Crippen LogP contribution in [0.15, 0.2) is 24.3 Å². The highest BCUT2D eigenvalue weighted by Gasteiger charge is 2.19. The summed E-state index contributed by atoms with van der Waals surface area (Å²) in [6.45, 7) is 12.9. The third kappa shape index (κ3) is 5.97. The van der Waals surface area contributed by atoms with E-state index >= 15 is 0 Å². The summed E-state index contributed by atoms with van der Waals surface area (Å²) < 4.78 is 11.5. The molecule has 0 aliphatic carbocycles. The minimum absolute atomic E-state index is 0.0869. The Balaban J connectivity index is 2.55. The first-order valence-corrected chi connectivity index (χ1v) is 7.02. The van der Waals surface area contributed by atoms with Gasteiger partial charge in [-0.3, -0.25) is 0 Å². The van der Waals surface area contributed by atoms with E-state index in [1.165, 1.54) is 0 Å². The summed E-state index contributed by atoms with van der Waals surface area (Å²) in [4.78, 5) is 0. The van der Waals surface area contributed by atoms with E-state index in [-0.39, 0.29) is 5.41 Å². The van der Waals surface area contributed by atoms with Gasteiger partial charge >= 0.3 is 0 Å². The van der Waals surface area contributed by atoms with E-state index in [0.29, 0.717) is 19.3 Å². The van der Waals surface area contributed by atoms with Gasteiger partial charge in [0.05, 0.1) is 13.2 Å². The minimum atomic E-state index is 0.0869. The van der Waals surface area contributed by atoms with Gasteiger partial charge in [0.2, 0.25) is 0 Å². The zero-order valence-electron chi connectivity index (χ0n) is 12.8. The van der Waals surface area contributed by atoms with Crippen LogP contribution in [0, 0.1) is 5.41 Å². The highest BCUT2D eigenvalue weighted by molar-refractivity contribution is 5.39. The van der Waals surface area contributed by atoms with E-state index in [2.05, 4.69) is 33.0 Å². The van der Waals surface area contributed by atoms with E-state index in [4.69, 9.17) is 9.47 Å². The quantitative estimate of drug-likeness (QED) is 0.780. The SMILES string of the molecule is CCOc1ccccc1OCC(C)(C)CNC(C)C. The molecule has 1 aromatic rings. The topological polar surface area (TPSA) is 30.5 Å². The number of benzene rings is 1. The van der Waals surface area contributed by atoms with Crippen LogP contribution in [-0.2, 0) is 0 Å². The fourth-order valence-corrected chi connectivity index (χ4v) is 1.65. The van der Waals surface area contributed by atoms with Gasteiger partial charge in [0, 0.05) is 18.0 Å². The van der Waals surface area contributed by atoms with Gasteiger partial charge in [-0.25, -0.2) is 0 Å². The normalized spacial score (nSPS) is 11.7. The fraction of sp³-hybridized carbons (Fsp3) is 0.625. The monoisotopic (exact) mass is 265 g/mol. The molecule has 0 saturated carbocycles. The van der Waals surface area contributed by atoms with Crippen molar-refractivity contribution in [2.24, 2.45) is 5.41 Å². The lowest BCUT2D eigenvalue weighted by atomic mass is 9.94. The van der Waals surface area contributed by atoms with Crippen molar-refractivity contribution in [3.63, 3.8) is 0 Å². The maximum absolute atomic E-state index is 5.92. The van der Waals surface area contributed by atoms with Crippen LogP contribution in [-0.4, -0.2) is 25.8 Å². The predicted molar refractivity (Wildman–Crippen MR) is 80.0 cm³/mol. The molecule has 0 heterocycles. The van der Waals surface area contributed by atoms with Gasteiger partial charge in [-0.1, -0.05) is 39.8 Å². The van der Waals surface area contributed by atoms with E-state index in [1.807, 2.05) is 31.2 Å². The molecule has 0 atom stereocenters. The predicted octanol–water partition coefficient (Wildman–Crippen LogP) is 3.49. The first-order valence-electron chi connectivity index (χ1n) is 7.02. The standard InChI is InChI=1S/C16H27NO2/c1-6-18-14-9-7-8-10-15(14)19-12-16(4,5)11-17-13(2)3/h7-10,13,17H,6,11-12H2,1-5H3. The van der Waals surface area contributed by atoms with Crippen molar-refractivity contribution >= 4 is 0 Å². The number of hydrogen-bond acceptors (Lipinski definition) is 3. The van der Waals surface area contributed by atoms with Crippen LogP contribution in [0.2, 0.25) is 0 Å². The highest BCUT2D eigenvalue weighted by Crippen LogP contribution is 2.28. The Bertz CT molecular complexity index is 375. The summed E-state index contributed by atoms with van der Waals surface area (Å²) in [7, 11) is 0. The molecule has 0 unspecified atom stereocenters. The Labute approximate surface area is 117 Å². The average Bonchev–Trinajstić information content (AvgIpc) is 2.36. The molecule has 0 bridgehead atoms. The molecule has 0 saturated heterocycles. The zero-order valence-corrected chi connectivity index (χ0v) is 12.8. The van der Waals surface area contributed by atoms with E-state index in [9.17, 15) is 0 Å². The lowest BCUT2D eigenvalue weighted by Gasteiger charge is -2.26. The van der Waals surface area contributed by atoms with Crippen LogP contribution >= 0.6 is 0 Å². The molecular formula is C16H27NO2. The maximum atomic E-state index is 5.92. The molecule has 0 amide bonds. The summed E-state index contributed by atoms with van der Waals surface area (Å²) in [6, 6.07) is 8.32. The second-order valence-electron chi connectivity index (χ2n) is 5.87. The third-order valence-corrected chi connectivity index (χ3v) is 2.76. The Kier molecular flexibility index (Phi) is 6.16. The van der Waals surface area contributed by atoms with Gasteiger partial charge < -0.3 is 14.8 Å². The second kappa shape index (κ2) is 7.39. The lowest BCUT2D eigenvalue weighted by molar-refractivity contribution is 0.167. The largest absolute Gasteiger partial charge is 0.490 e. The molecule has 0 radical (unpaired) electrons. The number of ether oxygens (including phenoxy) is 2. The Morgan fingerprint density at radius 3 is 2.21 bits per heavy atom. The van der Waals surface area contributed by atoms with Crippen LogP contribution in [0.1, 0.15) is 34.6 Å². The smallest absolute Gasteiger partial charge is 0.161 e. The van der Waals surface area contributed by atoms with Crippen molar-refractivity contribution in [1.82, 2.24) is 5.32 Å². The van der Waals surface area contributed by atoms with Gasteiger partial charge in [-0.15, -0.1) is 0 Å². The summed E-state index contributed by atoms with van der Waals surface area (Å²) in [5.74, 6) is 1.64. The maximum Gasteiger partial charge on any atom is 0.161 e. The molecule has 3 heteroatoms. The molecule has 0 fully saturated rings. The van der Waals surface area contributed by atoms with Gasteiger partial charge in [0.1, 0.15) is 0 Å². The first-order chi connectivity index (χ1) is 8.94. The Morgan fingerprint density at radius 2 is 1.68 bits per heavy atom. The van der Waals surface area contributed by atoms with Gasteiger partial charge in [0.15, 0.2) is 11.5 Å². The molecule has 1 N–H and O–H groups in total. The van der Waals surface area contributed by atoms with Gasteiger partial charge in [-0.2, -0.15) is 0 Å². The average molecular weight is 265 g/mol. The van der Waals surface area contributed by atoms with Crippen molar-refractivity contribution in [2.45, 2.75) is 40.7 Å². The van der Waals surface area contributed by atoms with Crippen molar-refractivity contribution in [3.8, 4) is 11.5 Å². The summed E-state index contributed by atoms with van der Waals surface area (Å²) in [6.07, 6.45) is 0. The fourth-order valence-electron chi connectivity index (χ4n) is 1.65. The summed E-state index contributed by atoms with van der Waals surface area (Å²) >= 11 is 0. The van der Waals surface area contributed by atoms with E-state index in [0.717, 1.165) is 18.0 Å². The van der Waals surface area contributed by atoms with E-state index in [1.54, 1.807) is 0 Å². The molecule has 1 rings (SSSR count). The molecule has 0 spiro atoms. The highest BCUT2D eigenvalue weighted by atomic mass is 16.5. The van der Waals surface area contributed by atoms with Crippen LogP contribution in [0.5, 0.6) is 11.5 Å². The van der Waals surface area contributed by atoms with Crippen molar-refractivity contribution < 1.29 is 9.47 Å². The lowest BCUT2D eigenvalue weighted by Crippen LogP contribution is -2.37. The van der Waals surface area contributed by atoms with Crippen molar-refractivity contribution in [1.29, 1.82) is 0 Å². The summed E-state index contributed by atoms with van der Waals surface area (Å²) in [5, 5.41) is 3.45. The number of para-hydroxylation sites is 2. The second-order valence-corrected chi connectivity index (χ2v) is 5.87. The molecule has 0 aliphatic rings. The van der Waals surface area contributed by atoms with Crippen molar-refractivity contribution in [2.75, 3.05) is 19.8 Å². The van der Waals surface area contributed by atoms with Crippen LogP contribution < -0.4 is 14.8 Å². The minimum Gasteiger partial charge on any atom is -0.490 e. The summed E-state index contributed by atoms with van der Waals surface area (Å²) in [5.41, 5.74) is 0.0869. The zero-order chi connectivity index (χ0) is 14.3. The molecule has 3 nitrogen and oxygen atoms in total. The first kappa shape index (κ1) is 15.8. The van der Waals surface area contributed by atoms with Crippen LogP contribution in [0.4, 0.5) is 0 Å². The third-order valence-electron chi connectivity index (χ3n) is 2.76. The van der Waals surface area contributed by atoms with E-state index < -0.39 is 0 Å². The van der Waals surface area contributed by atoms with Crippen LogP contribution in [0.3, 0.4) is 0 Å². The molecule has 0 aromatic heterocycles. The molecule has 0 aliphatic heterocycles. The number of rotatable bonds is 8. The molecular weight excluding hydrogens is 238 g/mol. The van der Waals surface area contributed by atoms with Gasteiger partial charge in [-0.05, 0) is 19.1 Å². The molecule has 108 valence electrons. The number of hydrogen-bond donors (Lipinski definition) is 1. The van der Waals surface area contributed by atoms with Gasteiger partial charge in [0.25, 0.3) is 0 Å².